The number of piperazine rings is 1. The number of hydrazine groups is 1. The van der Waals surface area contributed by atoms with Crippen LogP contribution in [-0.4, -0.2) is 71.9 Å². The number of hydrogen-bond acceptors (Lipinski definition) is 4. The standard InChI is InChI=1S/C16H24ClF3N4O2/c17-14-12(7-21-22-15(14)26)23-5-6-24(13(25)9-23)8-10-3-1-2-4-11(10)16(18,19)20/h10-12,14,21H,1-9H2,(H,22,26). The van der Waals surface area contributed by atoms with E-state index in [0.717, 1.165) is 6.42 Å². The molecule has 0 aromatic heterocycles. The molecule has 2 aliphatic heterocycles. The summed E-state index contributed by atoms with van der Waals surface area (Å²) >= 11 is 6.13. The van der Waals surface area contributed by atoms with E-state index in [9.17, 15) is 22.8 Å². The van der Waals surface area contributed by atoms with Gasteiger partial charge in [0.15, 0.2) is 0 Å². The van der Waals surface area contributed by atoms with E-state index in [2.05, 4.69) is 10.9 Å². The van der Waals surface area contributed by atoms with E-state index in [0.29, 0.717) is 32.5 Å². The molecule has 2 amide bonds. The highest BCUT2D eigenvalue weighted by Crippen LogP contribution is 2.41. The molecule has 3 aliphatic rings. The van der Waals surface area contributed by atoms with Gasteiger partial charge >= 0.3 is 6.18 Å². The third kappa shape index (κ3) is 4.26. The quantitative estimate of drug-likeness (QED) is 0.701. The van der Waals surface area contributed by atoms with Crippen LogP contribution in [0.2, 0.25) is 0 Å². The first kappa shape index (κ1) is 19.7. The largest absolute Gasteiger partial charge is 0.392 e. The smallest absolute Gasteiger partial charge is 0.340 e. The molecule has 10 heteroatoms. The molecule has 4 unspecified atom stereocenters. The topological polar surface area (TPSA) is 64.7 Å². The van der Waals surface area contributed by atoms with Gasteiger partial charge in [0.1, 0.15) is 5.38 Å². The number of nitrogens with one attached hydrogen (secondary N) is 2. The zero-order valence-electron chi connectivity index (χ0n) is 14.4. The Kier molecular flexibility index (Phi) is 5.98. The summed E-state index contributed by atoms with van der Waals surface area (Å²) in [4.78, 5) is 27.5. The summed E-state index contributed by atoms with van der Waals surface area (Å²) in [7, 11) is 0. The molecule has 148 valence electrons. The van der Waals surface area contributed by atoms with Gasteiger partial charge in [0, 0.05) is 32.2 Å². The fourth-order valence-electron chi connectivity index (χ4n) is 4.25. The second-order valence-electron chi connectivity index (χ2n) is 7.34. The average molecular weight is 397 g/mol. The third-order valence-corrected chi connectivity index (χ3v) is 6.20. The lowest BCUT2D eigenvalue weighted by Gasteiger charge is -2.43. The first-order chi connectivity index (χ1) is 12.3. The van der Waals surface area contributed by atoms with Crippen molar-refractivity contribution in [3.8, 4) is 0 Å². The van der Waals surface area contributed by atoms with E-state index in [4.69, 9.17) is 11.6 Å². The van der Waals surface area contributed by atoms with Gasteiger partial charge in [-0.05, 0) is 18.8 Å². The van der Waals surface area contributed by atoms with Crippen molar-refractivity contribution in [2.45, 2.75) is 43.3 Å². The molecule has 2 N–H and O–H groups in total. The minimum Gasteiger partial charge on any atom is -0.340 e. The molecule has 2 saturated heterocycles. The molecule has 0 radical (unpaired) electrons. The third-order valence-electron chi connectivity index (χ3n) is 5.71. The molecule has 2 heterocycles. The van der Waals surface area contributed by atoms with Crippen LogP contribution in [0.1, 0.15) is 25.7 Å². The summed E-state index contributed by atoms with van der Waals surface area (Å²) in [6, 6.07) is -0.311. The van der Waals surface area contributed by atoms with Gasteiger partial charge in [-0.25, -0.2) is 5.43 Å². The second kappa shape index (κ2) is 7.90. The number of nitrogens with zero attached hydrogens (tertiary/aromatic N) is 2. The zero-order chi connectivity index (χ0) is 18.9. The van der Waals surface area contributed by atoms with Gasteiger partial charge in [-0.1, -0.05) is 12.8 Å². The van der Waals surface area contributed by atoms with Gasteiger partial charge in [-0.3, -0.25) is 19.9 Å². The molecule has 6 nitrogen and oxygen atoms in total. The van der Waals surface area contributed by atoms with Crippen molar-refractivity contribution >= 4 is 23.4 Å². The van der Waals surface area contributed by atoms with E-state index < -0.39 is 23.4 Å². The first-order valence-electron chi connectivity index (χ1n) is 9.02. The van der Waals surface area contributed by atoms with Crippen LogP contribution >= 0.6 is 11.6 Å². The molecule has 1 saturated carbocycles. The fourth-order valence-corrected chi connectivity index (χ4v) is 4.55. The molecule has 3 rings (SSSR count). The van der Waals surface area contributed by atoms with E-state index in [1.54, 1.807) is 4.90 Å². The molecular weight excluding hydrogens is 373 g/mol. The minimum atomic E-state index is -4.21. The number of carbonyl (C=O) groups excluding carboxylic acids is 2. The van der Waals surface area contributed by atoms with Crippen LogP contribution < -0.4 is 10.9 Å². The van der Waals surface area contributed by atoms with Gasteiger partial charge in [-0.2, -0.15) is 13.2 Å². The molecule has 3 fully saturated rings. The highest BCUT2D eigenvalue weighted by atomic mass is 35.5. The maximum atomic E-state index is 13.3. The van der Waals surface area contributed by atoms with E-state index in [-0.39, 0.29) is 37.4 Å². The van der Waals surface area contributed by atoms with Crippen molar-refractivity contribution in [2.24, 2.45) is 11.8 Å². The summed E-state index contributed by atoms with van der Waals surface area (Å²) in [5.74, 6) is -2.38. The zero-order valence-corrected chi connectivity index (χ0v) is 15.2. The number of hydrogen-bond donors (Lipinski definition) is 2. The molecule has 26 heavy (non-hydrogen) atoms. The molecule has 4 atom stereocenters. The van der Waals surface area contributed by atoms with Crippen molar-refractivity contribution in [1.29, 1.82) is 0 Å². The Bertz CT molecular complexity index is 548. The Labute approximate surface area is 155 Å². The molecule has 0 spiro atoms. The summed E-state index contributed by atoms with van der Waals surface area (Å²) in [5.41, 5.74) is 5.20. The van der Waals surface area contributed by atoms with Gasteiger partial charge in [-0.15, -0.1) is 11.6 Å². The van der Waals surface area contributed by atoms with Crippen LogP contribution in [0.5, 0.6) is 0 Å². The Morgan fingerprint density at radius 1 is 1.15 bits per heavy atom. The van der Waals surface area contributed by atoms with Crippen molar-refractivity contribution in [1.82, 2.24) is 20.7 Å². The Hall–Kier alpha value is -1.06. The summed E-state index contributed by atoms with van der Waals surface area (Å²) in [6.07, 6.45) is -2.17. The van der Waals surface area contributed by atoms with Crippen molar-refractivity contribution in [2.75, 3.05) is 32.7 Å². The second-order valence-corrected chi connectivity index (χ2v) is 7.81. The normalized spacial score (nSPS) is 34.7. The lowest BCUT2D eigenvalue weighted by molar-refractivity contribution is -0.198. The maximum Gasteiger partial charge on any atom is 0.392 e. The fraction of sp³-hybridized carbons (Fsp3) is 0.875. The average Bonchev–Trinajstić information content (AvgIpc) is 2.59. The summed E-state index contributed by atoms with van der Waals surface area (Å²) in [5, 5.41) is -0.761. The predicted octanol–water partition coefficient (Wildman–Crippen LogP) is 1.11. The predicted molar refractivity (Wildman–Crippen MR) is 89.2 cm³/mol. The van der Waals surface area contributed by atoms with Crippen LogP contribution in [0.15, 0.2) is 0 Å². The van der Waals surface area contributed by atoms with Gasteiger partial charge in [0.25, 0.3) is 5.91 Å². The number of amides is 2. The van der Waals surface area contributed by atoms with Crippen LogP contribution in [0.3, 0.4) is 0 Å². The summed E-state index contributed by atoms with van der Waals surface area (Å²) in [6.45, 7) is 1.52. The SMILES string of the molecule is O=C1NNCC(N2CCN(CC3CCCCC3C(F)(F)F)C(=O)C2)C1Cl. The number of halogens is 4. The van der Waals surface area contributed by atoms with Gasteiger partial charge in [0.05, 0.1) is 12.5 Å². The lowest BCUT2D eigenvalue weighted by atomic mass is 9.78. The van der Waals surface area contributed by atoms with Crippen molar-refractivity contribution < 1.29 is 22.8 Å². The highest BCUT2D eigenvalue weighted by molar-refractivity contribution is 6.31. The Balaban J connectivity index is 1.58. The van der Waals surface area contributed by atoms with Crippen molar-refractivity contribution in [3.63, 3.8) is 0 Å². The van der Waals surface area contributed by atoms with Gasteiger partial charge in [0.2, 0.25) is 5.91 Å². The van der Waals surface area contributed by atoms with E-state index >= 15 is 0 Å². The lowest BCUT2D eigenvalue weighted by Crippen LogP contribution is -2.65. The van der Waals surface area contributed by atoms with Crippen LogP contribution in [-0.2, 0) is 9.59 Å². The van der Waals surface area contributed by atoms with Crippen LogP contribution in [0, 0.1) is 11.8 Å². The summed E-state index contributed by atoms with van der Waals surface area (Å²) < 4.78 is 39.8. The molecule has 0 bridgehead atoms. The van der Waals surface area contributed by atoms with E-state index in [1.165, 1.54) is 0 Å². The molecular formula is C16H24ClF3N4O2. The number of alkyl halides is 4. The van der Waals surface area contributed by atoms with Crippen molar-refractivity contribution in [3.05, 3.63) is 0 Å². The number of carbonyl (C=O) groups is 2. The molecule has 0 aromatic rings. The molecule has 1 aliphatic carbocycles. The Morgan fingerprint density at radius 3 is 2.58 bits per heavy atom. The van der Waals surface area contributed by atoms with Gasteiger partial charge < -0.3 is 4.90 Å². The van der Waals surface area contributed by atoms with E-state index in [1.807, 2.05) is 4.90 Å². The molecule has 0 aromatic carbocycles. The van der Waals surface area contributed by atoms with Crippen LogP contribution in [0.4, 0.5) is 13.2 Å². The number of rotatable bonds is 3. The monoisotopic (exact) mass is 396 g/mol. The van der Waals surface area contributed by atoms with Crippen LogP contribution in [0.25, 0.3) is 0 Å². The highest BCUT2D eigenvalue weighted by Gasteiger charge is 2.46. The maximum absolute atomic E-state index is 13.3. The Morgan fingerprint density at radius 2 is 1.88 bits per heavy atom. The first-order valence-corrected chi connectivity index (χ1v) is 9.46. The minimum absolute atomic E-state index is 0.0756.